The molecule has 0 aromatic heterocycles. The Morgan fingerprint density at radius 2 is 2.00 bits per heavy atom. The second kappa shape index (κ2) is 7.22. The number of methoxy groups -OCH3 is 1. The molecule has 2 atom stereocenters. The summed E-state index contributed by atoms with van der Waals surface area (Å²) in [6.07, 6.45) is 3.83. The van der Waals surface area contributed by atoms with Crippen LogP contribution in [-0.4, -0.2) is 25.0 Å². The molecule has 114 valence electrons. The van der Waals surface area contributed by atoms with E-state index < -0.39 is 0 Å². The minimum absolute atomic E-state index is 0.00190. The Hall–Kier alpha value is -1.88. The second-order valence-electron chi connectivity index (χ2n) is 5.53. The van der Waals surface area contributed by atoms with Crippen LogP contribution in [0.5, 0.6) is 0 Å². The number of nitrogens with one attached hydrogen (secondary N) is 1. The quantitative estimate of drug-likeness (QED) is 0.807. The monoisotopic (exact) mass is 290 g/mol. The molecule has 21 heavy (non-hydrogen) atoms. The smallest absolute Gasteiger partial charge is 0.337 e. The average Bonchev–Trinajstić information content (AvgIpc) is 2.53. The highest BCUT2D eigenvalue weighted by Crippen LogP contribution is 2.24. The van der Waals surface area contributed by atoms with Crippen molar-refractivity contribution in [3.05, 3.63) is 35.4 Å². The van der Waals surface area contributed by atoms with E-state index in [4.69, 9.17) is 5.73 Å². The zero-order valence-corrected chi connectivity index (χ0v) is 12.3. The Labute approximate surface area is 124 Å². The third-order valence-electron chi connectivity index (χ3n) is 4.05. The number of hydrogen-bond acceptors (Lipinski definition) is 4. The van der Waals surface area contributed by atoms with Gasteiger partial charge in [0, 0.05) is 18.5 Å². The molecule has 3 N–H and O–H groups in total. The summed E-state index contributed by atoms with van der Waals surface area (Å²) in [4.78, 5) is 22.6. The van der Waals surface area contributed by atoms with Crippen LogP contribution in [0.1, 0.15) is 41.6 Å². The molecule has 1 amide bonds. The number of hydrogen-bond donors (Lipinski definition) is 2. The predicted molar refractivity (Wildman–Crippen MR) is 79.6 cm³/mol. The van der Waals surface area contributed by atoms with Gasteiger partial charge in [-0.15, -0.1) is 0 Å². The molecule has 2 rings (SSSR count). The van der Waals surface area contributed by atoms with E-state index in [0.717, 1.165) is 37.8 Å². The number of esters is 1. The molecule has 0 heterocycles. The van der Waals surface area contributed by atoms with Crippen molar-refractivity contribution in [1.29, 1.82) is 0 Å². The van der Waals surface area contributed by atoms with Crippen LogP contribution in [-0.2, 0) is 16.1 Å². The van der Waals surface area contributed by atoms with Gasteiger partial charge in [-0.2, -0.15) is 0 Å². The van der Waals surface area contributed by atoms with Gasteiger partial charge in [0.15, 0.2) is 0 Å². The number of primary amides is 1. The lowest BCUT2D eigenvalue weighted by Crippen LogP contribution is -2.38. The molecule has 0 spiro atoms. The SMILES string of the molecule is COC(=O)c1ccc(CN[C@@H]2CCC[C@@H](C(N)=O)C2)cc1. The largest absolute Gasteiger partial charge is 0.465 e. The Bertz CT molecular complexity index is 499. The number of carbonyl (C=O) groups is 2. The number of ether oxygens (including phenoxy) is 1. The highest BCUT2D eigenvalue weighted by Gasteiger charge is 2.25. The van der Waals surface area contributed by atoms with Crippen molar-refractivity contribution in [1.82, 2.24) is 5.32 Å². The van der Waals surface area contributed by atoms with Crippen molar-refractivity contribution in [3.8, 4) is 0 Å². The summed E-state index contributed by atoms with van der Waals surface area (Å²) < 4.78 is 4.67. The lowest BCUT2D eigenvalue weighted by Gasteiger charge is -2.28. The molecule has 1 fully saturated rings. The fourth-order valence-corrected chi connectivity index (χ4v) is 2.77. The van der Waals surface area contributed by atoms with E-state index in [-0.39, 0.29) is 17.8 Å². The van der Waals surface area contributed by atoms with E-state index in [2.05, 4.69) is 10.1 Å². The molecule has 5 heteroatoms. The standard InChI is InChI=1S/C16H22N2O3/c1-21-16(20)12-7-5-11(6-8-12)10-18-14-4-2-3-13(9-14)15(17)19/h5-8,13-14,18H,2-4,9-10H2,1H3,(H2,17,19)/t13-,14-/m1/s1. The summed E-state index contributed by atoms with van der Waals surface area (Å²) in [6, 6.07) is 7.67. The van der Waals surface area contributed by atoms with E-state index in [0.29, 0.717) is 11.6 Å². The van der Waals surface area contributed by atoms with Gasteiger partial charge in [-0.3, -0.25) is 4.79 Å². The van der Waals surface area contributed by atoms with Gasteiger partial charge in [-0.05, 0) is 37.0 Å². The first-order chi connectivity index (χ1) is 10.1. The summed E-state index contributed by atoms with van der Waals surface area (Å²) in [7, 11) is 1.37. The maximum Gasteiger partial charge on any atom is 0.337 e. The number of nitrogens with two attached hydrogens (primary N) is 1. The third-order valence-corrected chi connectivity index (χ3v) is 4.05. The number of carbonyl (C=O) groups excluding carboxylic acids is 2. The molecule has 0 aliphatic heterocycles. The van der Waals surface area contributed by atoms with Crippen LogP contribution in [0.3, 0.4) is 0 Å². The van der Waals surface area contributed by atoms with Crippen molar-refractivity contribution < 1.29 is 14.3 Å². The topological polar surface area (TPSA) is 81.4 Å². The van der Waals surface area contributed by atoms with E-state index >= 15 is 0 Å². The van der Waals surface area contributed by atoms with Gasteiger partial charge in [0.25, 0.3) is 0 Å². The Kier molecular flexibility index (Phi) is 5.33. The van der Waals surface area contributed by atoms with Gasteiger partial charge in [-0.25, -0.2) is 4.79 Å². The first-order valence-electron chi connectivity index (χ1n) is 7.30. The van der Waals surface area contributed by atoms with Gasteiger partial charge in [-0.1, -0.05) is 18.6 Å². The van der Waals surface area contributed by atoms with Crippen LogP contribution in [0, 0.1) is 5.92 Å². The maximum absolute atomic E-state index is 11.3. The molecular formula is C16H22N2O3. The van der Waals surface area contributed by atoms with Gasteiger partial charge in [0.2, 0.25) is 5.91 Å². The van der Waals surface area contributed by atoms with Crippen LogP contribution >= 0.6 is 0 Å². The second-order valence-corrected chi connectivity index (χ2v) is 5.53. The van der Waals surface area contributed by atoms with Crippen molar-refractivity contribution in [3.63, 3.8) is 0 Å². The van der Waals surface area contributed by atoms with Crippen molar-refractivity contribution in [2.24, 2.45) is 11.7 Å². The van der Waals surface area contributed by atoms with Gasteiger partial charge < -0.3 is 15.8 Å². The first-order valence-corrected chi connectivity index (χ1v) is 7.30. The van der Waals surface area contributed by atoms with Crippen molar-refractivity contribution in [2.75, 3.05) is 7.11 Å². The minimum atomic E-state index is -0.328. The van der Waals surface area contributed by atoms with Crippen molar-refractivity contribution in [2.45, 2.75) is 38.3 Å². The molecule has 1 saturated carbocycles. The molecule has 0 unspecified atom stereocenters. The lowest BCUT2D eigenvalue weighted by atomic mass is 9.85. The van der Waals surface area contributed by atoms with E-state index in [1.165, 1.54) is 7.11 Å². The summed E-state index contributed by atoms with van der Waals surface area (Å²) in [6.45, 7) is 0.720. The van der Waals surface area contributed by atoms with Crippen LogP contribution in [0.25, 0.3) is 0 Å². The van der Waals surface area contributed by atoms with Crippen LogP contribution in [0.2, 0.25) is 0 Å². The molecular weight excluding hydrogens is 268 g/mol. The van der Waals surface area contributed by atoms with Crippen molar-refractivity contribution >= 4 is 11.9 Å². The zero-order valence-electron chi connectivity index (χ0n) is 12.3. The minimum Gasteiger partial charge on any atom is -0.465 e. The fraction of sp³-hybridized carbons (Fsp3) is 0.500. The van der Waals surface area contributed by atoms with Gasteiger partial charge in [0.1, 0.15) is 0 Å². The fourth-order valence-electron chi connectivity index (χ4n) is 2.77. The number of rotatable bonds is 5. The highest BCUT2D eigenvalue weighted by molar-refractivity contribution is 5.89. The van der Waals surface area contributed by atoms with Crippen LogP contribution < -0.4 is 11.1 Å². The highest BCUT2D eigenvalue weighted by atomic mass is 16.5. The van der Waals surface area contributed by atoms with E-state index in [9.17, 15) is 9.59 Å². The number of benzene rings is 1. The molecule has 0 radical (unpaired) electrons. The average molecular weight is 290 g/mol. The molecule has 1 aliphatic rings. The Balaban J connectivity index is 1.85. The normalized spacial score (nSPS) is 21.8. The summed E-state index contributed by atoms with van der Waals surface area (Å²) in [5, 5.41) is 3.46. The van der Waals surface area contributed by atoms with E-state index in [1.807, 2.05) is 12.1 Å². The summed E-state index contributed by atoms with van der Waals surface area (Å²) in [5.74, 6) is -0.520. The first kappa shape index (κ1) is 15.5. The predicted octanol–water partition coefficient (Wildman–Crippen LogP) is 1.61. The van der Waals surface area contributed by atoms with Gasteiger partial charge in [0.05, 0.1) is 12.7 Å². The summed E-state index contributed by atoms with van der Waals surface area (Å²) in [5.41, 5.74) is 7.03. The van der Waals surface area contributed by atoms with Gasteiger partial charge >= 0.3 is 5.97 Å². The van der Waals surface area contributed by atoms with Crippen LogP contribution in [0.15, 0.2) is 24.3 Å². The zero-order chi connectivity index (χ0) is 15.2. The number of amides is 1. The molecule has 0 bridgehead atoms. The molecule has 0 saturated heterocycles. The molecule has 1 aromatic carbocycles. The summed E-state index contributed by atoms with van der Waals surface area (Å²) >= 11 is 0. The lowest BCUT2D eigenvalue weighted by molar-refractivity contribution is -0.122. The Morgan fingerprint density at radius 1 is 1.29 bits per heavy atom. The van der Waals surface area contributed by atoms with Crippen LogP contribution in [0.4, 0.5) is 0 Å². The maximum atomic E-state index is 11.3. The van der Waals surface area contributed by atoms with E-state index in [1.54, 1.807) is 12.1 Å². The molecule has 1 aliphatic carbocycles. The molecule has 1 aromatic rings. The third kappa shape index (κ3) is 4.29. The molecule has 5 nitrogen and oxygen atoms in total. The Morgan fingerprint density at radius 3 is 2.62 bits per heavy atom.